The van der Waals surface area contributed by atoms with E-state index in [1.54, 1.807) is 12.2 Å². The SMILES string of the molecule is CC(=O)OCC(=O)C1(O[Si](C)(C)C)CCC2C3CCC4=CC(=O)C=CC4(C)C3C(O)CC21C. The molecule has 0 heterocycles. The highest BCUT2D eigenvalue weighted by atomic mass is 28.4. The standard InChI is InChI=1S/C26H38O6Si/c1-16(27)31-15-22(30)26(32-33(4,5)6)12-10-20-19-8-7-17-13-18(28)9-11-24(17,2)23(19)21(29)14-25(20,26)3/h9,11,13,19-21,23,29H,7-8,10,12,14-15H2,1-6H3. The molecule has 0 spiro atoms. The second-order valence-electron chi connectivity index (χ2n) is 12.0. The lowest BCUT2D eigenvalue weighted by molar-refractivity contribution is -0.177. The Labute approximate surface area is 197 Å². The molecule has 4 aliphatic carbocycles. The van der Waals surface area contributed by atoms with Crippen LogP contribution in [0.4, 0.5) is 0 Å². The van der Waals surface area contributed by atoms with Crippen molar-refractivity contribution in [3.63, 3.8) is 0 Å². The van der Waals surface area contributed by atoms with Crippen molar-refractivity contribution >= 4 is 25.9 Å². The number of allylic oxidation sites excluding steroid dienone is 4. The third kappa shape index (κ3) is 3.80. The van der Waals surface area contributed by atoms with Crippen LogP contribution in [0.2, 0.25) is 19.6 Å². The number of ether oxygens (including phenoxy) is 1. The van der Waals surface area contributed by atoms with Crippen molar-refractivity contribution in [3.8, 4) is 0 Å². The number of ketones is 2. The first-order valence-corrected chi connectivity index (χ1v) is 15.6. The quantitative estimate of drug-likeness (QED) is 0.479. The molecule has 0 aromatic rings. The van der Waals surface area contributed by atoms with Crippen molar-refractivity contribution < 1.29 is 28.7 Å². The number of carbonyl (C=O) groups is 3. The summed E-state index contributed by atoms with van der Waals surface area (Å²) in [6.45, 7) is 11.5. The van der Waals surface area contributed by atoms with Crippen LogP contribution in [0.3, 0.4) is 0 Å². The molecule has 0 aromatic heterocycles. The Balaban J connectivity index is 1.74. The van der Waals surface area contributed by atoms with E-state index >= 15 is 0 Å². The van der Waals surface area contributed by atoms with E-state index in [2.05, 4.69) is 33.5 Å². The molecule has 0 radical (unpaired) electrons. The zero-order chi connectivity index (χ0) is 24.4. The van der Waals surface area contributed by atoms with Gasteiger partial charge in [-0.3, -0.25) is 14.4 Å². The molecular formula is C26H38O6Si. The van der Waals surface area contributed by atoms with Crippen LogP contribution >= 0.6 is 0 Å². The molecule has 4 rings (SSSR count). The average molecular weight is 475 g/mol. The Morgan fingerprint density at radius 2 is 1.91 bits per heavy atom. The zero-order valence-corrected chi connectivity index (χ0v) is 21.8. The second kappa shape index (κ2) is 7.99. The van der Waals surface area contributed by atoms with Gasteiger partial charge in [0.25, 0.3) is 0 Å². The number of aliphatic hydroxyl groups excluding tert-OH is 1. The molecule has 6 nitrogen and oxygen atoms in total. The fourth-order valence-electron chi connectivity index (χ4n) is 7.80. The fourth-order valence-corrected chi connectivity index (χ4v) is 9.30. The molecule has 0 saturated heterocycles. The van der Waals surface area contributed by atoms with E-state index in [0.717, 1.165) is 24.8 Å². The van der Waals surface area contributed by atoms with Gasteiger partial charge in [-0.15, -0.1) is 0 Å². The van der Waals surface area contributed by atoms with Gasteiger partial charge in [0.2, 0.25) is 5.78 Å². The van der Waals surface area contributed by atoms with Gasteiger partial charge in [0.05, 0.1) is 6.10 Å². The number of esters is 1. The highest BCUT2D eigenvalue weighted by Gasteiger charge is 2.69. The summed E-state index contributed by atoms with van der Waals surface area (Å²) in [4.78, 5) is 37.2. The van der Waals surface area contributed by atoms with E-state index in [1.807, 2.05) is 6.08 Å². The topological polar surface area (TPSA) is 89.9 Å². The van der Waals surface area contributed by atoms with Crippen LogP contribution in [0.1, 0.15) is 52.9 Å². The predicted octanol–water partition coefficient (Wildman–Crippen LogP) is 3.99. The fraction of sp³-hybridized carbons (Fsp3) is 0.731. The molecule has 7 unspecified atom stereocenters. The van der Waals surface area contributed by atoms with E-state index in [0.29, 0.717) is 12.8 Å². The maximum Gasteiger partial charge on any atom is 0.303 e. The van der Waals surface area contributed by atoms with Gasteiger partial charge in [-0.2, -0.15) is 0 Å². The largest absolute Gasteiger partial charge is 0.458 e. The van der Waals surface area contributed by atoms with Crippen LogP contribution in [-0.4, -0.2) is 49.3 Å². The van der Waals surface area contributed by atoms with Gasteiger partial charge in [0, 0.05) is 23.7 Å². The third-order valence-electron chi connectivity index (χ3n) is 8.95. The highest BCUT2D eigenvalue weighted by Crippen LogP contribution is 2.68. The summed E-state index contributed by atoms with van der Waals surface area (Å²) in [6, 6.07) is 0. The van der Waals surface area contributed by atoms with Crippen LogP contribution in [-0.2, 0) is 23.5 Å². The van der Waals surface area contributed by atoms with Crippen molar-refractivity contribution in [2.75, 3.05) is 6.61 Å². The molecule has 3 saturated carbocycles. The summed E-state index contributed by atoms with van der Waals surface area (Å²) >= 11 is 0. The van der Waals surface area contributed by atoms with Crippen molar-refractivity contribution in [2.24, 2.45) is 28.6 Å². The lowest BCUT2D eigenvalue weighted by Gasteiger charge is -2.60. The Hall–Kier alpha value is -1.57. The highest BCUT2D eigenvalue weighted by molar-refractivity contribution is 6.70. The third-order valence-corrected chi connectivity index (χ3v) is 9.91. The smallest absolute Gasteiger partial charge is 0.303 e. The monoisotopic (exact) mass is 474 g/mol. The second-order valence-corrected chi connectivity index (χ2v) is 16.4. The van der Waals surface area contributed by atoms with E-state index in [1.165, 1.54) is 6.92 Å². The van der Waals surface area contributed by atoms with Gasteiger partial charge < -0.3 is 14.3 Å². The Bertz CT molecular complexity index is 932. The van der Waals surface area contributed by atoms with Crippen molar-refractivity contribution in [1.29, 1.82) is 0 Å². The minimum Gasteiger partial charge on any atom is -0.458 e. The summed E-state index contributed by atoms with van der Waals surface area (Å²) in [5.74, 6) is -0.184. The molecular weight excluding hydrogens is 436 g/mol. The first kappa shape index (κ1) is 24.5. The molecule has 1 N–H and O–H groups in total. The van der Waals surface area contributed by atoms with Crippen LogP contribution in [0.25, 0.3) is 0 Å². The summed E-state index contributed by atoms with van der Waals surface area (Å²) in [6.07, 6.45) is 8.39. The molecule has 0 amide bonds. The van der Waals surface area contributed by atoms with E-state index in [9.17, 15) is 19.5 Å². The molecule has 182 valence electrons. The first-order chi connectivity index (χ1) is 15.2. The number of hydrogen-bond donors (Lipinski definition) is 1. The van der Waals surface area contributed by atoms with Gasteiger partial charge in [0.15, 0.2) is 20.7 Å². The van der Waals surface area contributed by atoms with Crippen LogP contribution in [0, 0.1) is 28.6 Å². The van der Waals surface area contributed by atoms with Crippen LogP contribution < -0.4 is 0 Å². The van der Waals surface area contributed by atoms with Gasteiger partial charge in [-0.05, 0) is 75.7 Å². The van der Waals surface area contributed by atoms with Gasteiger partial charge >= 0.3 is 5.97 Å². The molecule has 0 aliphatic heterocycles. The molecule has 0 bridgehead atoms. The summed E-state index contributed by atoms with van der Waals surface area (Å²) < 4.78 is 11.9. The van der Waals surface area contributed by atoms with Crippen molar-refractivity contribution in [3.05, 3.63) is 23.8 Å². The number of carbonyl (C=O) groups excluding carboxylic acids is 3. The Kier molecular flexibility index (Phi) is 5.94. The zero-order valence-electron chi connectivity index (χ0n) is 20.8. The van der Waals surface area contributed by atoms with Crippen LogP contribution in [0.15, 0.2) is 23.8 Å². The van der Waals surface area contributed by atoms with Gasteiger partial charge in [-0.1, -0.05) is 25.5 Å². The summed E-state index contributed by atoms with van der Waals surface area (Å²) in [5, 5.41) is 11.6. The number of aliphatic hydroxyl groups is 1. The number of hydrogen-bond acceptors (Lipinski definition) is 6. The number of rotatable bonds is 5. The van der Waals surface area contributed by atoms with E-state index in [-0.39, 0.29) is 41.3 Å². The molecule has 4 aliphatic rings. The van der Waals surface area contributed by atoms with Crippen molar-refractivity contribution in [1.82, 2.24) is 0 Å². The number of Topliss-reactive ketones (excluding diaryl/α,β-unsaturated/α-hetero) is 1. The van der Waals surface area contributed by atoms with E-state index in [4.69, 9.17) is 9.16 Å². The predicted molar refractivity (Wildman–Crippen MR) is 127 cm³/mol. The molecule has 0 aromatic carbocycles. The maximum absolute atomic E-state index is 13.7. The van der Waals surface area contributed by atoms with E-state index < -0.39 is 31.4 Å². The van der Waals surface area contributed by atoms with Gasteiger partial charge in [0.1, 0.15) is 5.60 Å². The lowest BCUT2D eigenvalue weighted by atomic mass is 9.46. The Morgan fingerprint density at radius 3 is 2.55 bits per heavy atom. The lowest BCUT2D eigenvalue weighted by Crippen LogP contribution is -2.64. The van der Waals surface area contributed by atoms with Crippen molar-refractivity contribution in [2.45, 2.75) is 84.2 Å². The number of fused-ring (bicyclic) bond motifs is 5. The molecule has 7 heteroatoms. The maximum atomic E-state index is 13.7. The van der Waals surface area contributed by atoms with Gasteiger partial charge in [-0.25, -0.2) is 0 Å². The summed E-state index contributed by atoms with van der Waals surface area (Å²) in [5.41, 5.74) is -0.826. The first-order valence-electron chi connectivity index (χ1n) is 12.2. The molecule has 7 atom stereocenters. The average Bonchev–Trinajstić information content (AvgIpc) is 2.97. The molecule has 33 heavy (non-hydrogen) atoms. The minimum absolute atomic E-state index is 0.00572. The normalized spacial score (nSPS) is 42.2. The summed E-state index contributed by atoms with van der Waals surface area (Å²) in [7, 11) is -2.15. The van der Waals surface area contributed by atoms with Crippen LogP contribution in [0.5, 0.6) is 0 Å². The molecule has 3 fully saturated rings. The Morgan fingerprint density at radius 1 is 1.21 bits per heavy atom. The minimum atomic E-state index is -2.15.